The molecule has 0 atom stereocenters. The highest BCUT2D eigenvalue weighted by Gasteiger charge is 2.14. The van der Waals surface area contributed by atoms with Crippen LogP contribution in [0.4, 0.5) is 0 Å². The number of hydrogen-bond donors (Lipinski definition) is 0. The minimum Gasteiger partial charge on any atom is -0.208 e. The average molecular weight is 537 g/mol. The molecule has 6 aromatic carbocycles. The van der Waals surface area contributed by atoms with Crippen LogP contribution >= 0.6 is 0 Å². The van der Waals surface area contributed by atoms with E-state index in [0.717, 1.165) is 49.7 Å². The highest BCUT2D eigenvalue weighted by atomic mass is 15.0. The van der Waals surface area contributed by atoms with E-state index < -0.39 is 0 Å². The zero-order valence-electron chi connectivity index (χ0n) is 22.6. The van der Waals surface area contributed by atoms with Crippen molar-refractivity contribution >= 4 is 10.8 Å². The third-order valence-corrected chi connectivity index (χ3v) is 7.34. The van der Waals surface area contributed by atoms with Gasteiger partial charge in [-0.15, -0.1) is 0 Å². The molecule has 7 aromatic rings. The van der Waals surface area contributed by atoms with Crippen LogP contribution in [-0.4, -0.2) is 15.0 Å². The maximum absolute atomic E-state index is 9.52. The summed E-state index contributed by atoms with van der Waals surface area (Å²) in [6.07, 6.45) is 0. The molecule has 42 heavy (non-hydrogen) atoms. The van der Waals surface area contributed by atoms with E-state index >= 15 is 0 Å². The second kappa shape index (κ2) is 10.9. The van der Waals surface area contributed by atoms with Gasteiger partial charge in [0.2, 0.25) is 0 Å². The van der Waals surface area contributed by atoms with Crippen LogP contribution in [0.3, 0.4) is 0 Å². The van der Waals surface area contributed by atoms with Crippen LogP contribution in [0.2, 0.25) is 0 Å². The molecule has 0 saturated heterocycles. The first kappa shape index (κ1) is 25.1. The van der Waals surface area contributed by atoms with Gasteiger partial charge in [0.05, 0.1) is 11.6 Å². The number of aromatic nitrogens is 3. The SMILES string of the molecule is N#Cc1cccc(-c2cc3ccccc3cc2-c2ccc(-c3nc(-c4ccccc4)nc(-c4ccccc4)n3)cc2)c1. The van der Waals surface area contributed by atoms with Gasteiger partial charge in [-0.25, -0.2) is 15.0 Å². The van der Waals surface area contributed by atoms with Crippen molar-refractivity contribution in [3.63, 3.8) is 0 Å². The van der Waals surface area contributed by atoms with Gasteiger partial charge in [-0.1, -0.05) is 121 Å². The Hall–Kier alpha value is -5.92. The van der Waals surface area contributed by atoms with E-state index in [1.165, 1.54) is 0 Å². The molecule has 0 spiro atoms. The maximum Gasteiger partial charge on any atom is 0.164 e. The van der Waals surface area contributed by atoms with Crippen molar-refractivity contribution < 1.29 is 0 Å². The molecule has 1 aromatic heterocycles. The maximum atomic E-state index is 9.52. The van der Waals surface area contributed by atoms with Gasteiger partial charge in [0, 0.05) is 16.7 Å². The number of nitriles is 1. The molecule has 0 bridgehead atoms. The first-order chi connectivity index (χ1) is 20.7. The van der Waals surface area contributed by atoms with Crippen LogP contribution in [0, 0.1) is 11.3 Å². The van der Waals surface area contributed by atoms with Crippen LogP contribution in [0.15, 0.2) is 146 Å². The van der Waals surface area contributed by atoms with E-state index in [1.807, 2.05) is 78.9 Å². The highest BCUT2D eigenvalue weighted by molar-refractivity contribution is 5.96. The summed E-state index contributed by atoms with van der Waals surface area (Å²) in [5.41, 5.74) is 7.69. The molecule has 0 radical (unpaired) electrons. The Morgan fingerprint density at radius 2 is 0.810 bits per heavy atom. The quantitative estimate of drug-likeness (QED) is 0.220. The molecule has 0 amide bonds. The fourth-order valence-electron chi connectivity index (χ4n) is 5.21. The molecule has 0 saturated carbocycles. The highest BCUT2D eigenvalue weighted by Crippen LogP contribution is 2.37. The third-order valence-electron chi connectivity index (χ3n) is 7.34. The zero-order chi connectivity index (χ0) is 28.3. The first-order valence-corrected chi connectivity index (χ1v) is 13.8. The van der Waals surface area contributed by atoms with Gasteiger partial charge in [0.15, 0.2) is 17.5 Å². The number of nitrogens with zero attached hydrogens (tertiary/aromatic N) is 4. The van der Waals surface area contributed by atoms with E-state index in [-0.39, 0.29) is 0 Å². The Bertz CT molecular complexity index is 2020. The molecule has 7 rings (SSSR count). The fraction of sp³-hybridized carbons (Fsp3) is 0. The summed E-state index contributed by atoms with van der Waals surface area (Å²) in [7, 11) is 0. The van der Waals surface area contributed by atoms with Crippen molar-refractivity contribution in [2.75, 3.05) is 0 Å². The number of rotatable bonds is 5. The molecule has 0 aliphatic rings. The second-order valence-corrected chi connectivity index (χ2v) is 10.1. The lowest BCUT2D eigenvalue weighted by molar-refractivity contribution is 1.07. The van der Waals surface area contributed by atoms with E-state index in [9.17, 15) is 5.26 Å². The second-order valence-electron chi connectivity index (χ2n) is 10.1. The third kappa shape index (κ3) is 4.92. The molecule has 196 valence electrons. The van der Waals surface area contributed by atoms with Crippen molar-refractivity contribution in [3.8, 4) is 62.5 Å². The van der Waals surface area contributed by atoms with Gasteiger partial charge in [0.25, 0.3) is 0 Å². The van der Waals surface area contributed by atoms with Crippen LogP contribution in [-0.2, 0) is 0 Å². The molecule has 0 fully saturated rings. The van der Waals surface area contributed by atoms with Crippen LogP contribution < -0.4 is 0 Å². The Balaban J connectivity index is 1.35. The van der Waals surface area contributed by atoms with Crippen molar-refractivity contribution in [2.45, 2.75) is 0 Å². The van der Waals surface area contributed by atoms with E-state index in [1.54, 1.807) is 0 Å². The van der Waals surface area contributed by atoms with Crippen molar-refractivity contribution in [1.29, 1.82) is 5.26 Å². The Morgan fingerprint density at radius 1 is 0.381 bits per heavy atom. The molecular weight excluding hydrogens is 512 g/mol. The van der Waals surface area contributed by atoms with Crippen LogP contribution in [0.1, 0.15) is 5.56 Å². The predicted molar refractivity (Wildman–Crippen MR) is 169 cm³/mol. The summed E-state index contributed by atoms with van der Waals surface area (Å²) in [4.78, 5) is 14.6. The summed E-state index contributed by atoms with van der Waals surface area (Å²) in [6, 6.07) is 51.2. The lowest BCUT2D eigenvalue weighted by Crippen LogP contribution is -2.00. The minimum absolute atomic E-state index is 0.620. The van der Waals surface area contributed by atoms with Crippen molar-refractivity contribution in [2.24, 2.45) is 0 Å². The minimum atomic E-state index is 0.620. The molecule has 0 unspecified atom stereocenters. The topological polar surface area (TPSA) is 62.5 Å². The van der Waals surface area contributed by atoms with Gasteiger partial charge in [-0.3, -0.25) is 0 Å². The summed E-state index contributed by atoms with van der Waals surface area (Å²) >= 11 is 0. The summed E-state index contributed by atoms with van der Waals surface area (Å²) < 4.78 is 0. The van der Waals surface area contributed by atoms with Crippen LogP contribution in [0.25, 0.3) is 67.2 Å². The summed E-state index contributed by atoms with van der Waals surface area (Å²) in [5.74, 6) is 1.89. The predicted octanol–water partition coefficient (Wildman–Crippen LogP) is 9.23. The zero-order valence-corrected chi connectivity index (χ0v) is 22.6. The van der Waals surface area contributed by atoms with Gasteiger partial charge in [-0.2, -0.15) is 5.26 Å². The monoisotopic (exact) mass is 536 g/mol. The molecular formula is C38H24N4. The lowest BCUT2D eigenvalue weighted by Gasteiger charge is -2.14. The Morgan fingerprint density at radius 3 is 1.33 bits per heavy atom. The van der Waals surface area contributed by atoms with E-state index in [2.05, 4.69) is 72.8 Å². The van der Waals surface area contributed by atoms with Crippen molar-refractivity contribution in [3.05, 3.63) is 151 Å². The standard InChI is InChI=1S/C38H24N4/c39-25-26-10-9-17-33(22-26)35-24-32-16-8-7-15-31(32)23-34(35)27-18-20-30(21-19-27)38-41-36(28-11-3-1-4-12-28)40-37(42-38)29-13-5-2-6-14-29/h1-24H. The molecule has 4 heteroatoms. The average Bonchev–Trinajstić information content (AvgIpc) is 3.08. The Kier molecular flexibility index (Phi) is 6.52. The lowest BCUT2D eigenvalue weighted by atomic mass is 9.90. The van der Waals surface area contributed by atoms with Gasteiger partial charge in [0.1, 0.15) is 0 Å². The van der Waals surface area contributed by atoms with E-state index in [4.69, 9.17) is 15.0 Å². The normalized spacial score (nSPS) is 10.8. The number of fused-ring (bicyclic) bond motifs is 1. The van der Waals surface area contributed by atoms with E-state index in [0.29, 0.717) is 23.0 Å². The smallest absolute Gasteiger partial charge is 0.164 e. The van der Waals surface area contributed by atoms with Crippen LogP contribution in [0.5, 0.6) is 0 Å². The molecule has 1 heterocycles. The molecule has 0 aliphatic heterocycles. The number of hydrogen-bond acceptors (Lipinski definition) is 4. The fourth-order valence-corrected chi connectivity index (χ4v) is 5.21. The number of benzene rings is 6. The Labute approximate surface area is 244 Å². The first-order valence-electron chi connectivity index (χ1n) is 13.8. The van der Waals surface area contributed by atoms with Gasteiger partial charge >= 0.3 is 0 Å². The largest absolute Gasteiger partial charge is 0.208 e. The molecule has 4 nitrogen and oxygen atoms in total. The summed E-state index contributed by atoms with van der Waals surface area (Å²) in [6.45, 7) is 0. The van der Waals surface area contributed by atoms with Crippen molar-refractivity contribution in [1.82, 2.24) is 15.0 Å². The molecule has 0 N–H and O–H groups in total. The molecule has 0 aliphatic carbocycles. The van der Waals surface area contributed by atoms with Gasteiger partial charge < -0.3 is 0 Å². The van der Waals surface area contributed by atoms with Gasteiger partial charge in [-0.05, 0) is 57.3 Å². The summed E-state index contributed by atoms with van der Waals surface area (Å²) in [5, 5.41) is 11.8.